The van der Waals surface area contributed by atoms with E-state index < -0.39 is 0 Å². The lowest BCUT2D eigenvalue weighted by Crippen LogP contribution is -2.30. The van der Waals surface area contributed by atoms with E-state index in [1.165, 1.54) is 56.9 Å². The van der Waals surface area contributed by atoms with Crippen LogP contribution >= 0.6 is 11.3 Å². The Hall–Kier alpha value is -1.55. The van der Waals surface area contributed by atoms with Crippen LogP contribution in [-0.2, 0) is 6.54 Å². The minimum atomic E-state index is 0.860. The predicted molar refractivity (Wildman–Crippen MR) is 103 cm³/mol. The van der Waals surface area contributed by atoms with Gasteiger partial charge in [-0.25, -0.2) is 9.13 Å². The smallest absolute Gasteiger partial charge is 0.248 e. The lowest BCUT2D eigenvalue weighted by molar-refractivity contribution is -0.696. The largest absolute Gasteiger partial charge is 0.492 e. The molecule has 0 unspecified atom stereocenters. The second kappa shape index (κ2) is 11.1. The van der Waals surface area contributed by atoms with Gasteiger partial charge in [-0.3, -0.25) is 0 Å². The highest BCUT2D eigenvalue weighted by atomic mass is 32.1. The van der Waals surface area contributed by atoms with Crippen molar-refractivity contribution < 1.29 is 9.30 Å². The number of nitrogens with zero attached hydrogens (tertiary/aromatic N) is 2. The molecule has 0 saturated heterocycles. The zero-order valence-electron chi connectivity index (χ0n) is 15.0. The summed E-state index contributed by atoms with van der Waals surface area (Å²) in [5.74, 6) is 1.07. The third-order valence-electron chi connectivity index (χ3n) is 4.30. The summed E-state index contributed by atoms with van der Waals surface area (Å²) in [6.45, 7) is 7.84. The van der Waals surface area contributed by atoms with Crippen molar-refractivity contribution in [2.45, 2.75) is 64.8 Å². The molecule has 2 rings (SSSR count). The Balaban J connectivity index is 1.36. The maximum atomic E-state index is 5.79. The maximum absolute atomic E-state index is 5.79. The molecule has 0 bridgehead atoms. The average Bonchev–Trinajstić information content (AvgIpc) is 3.21. The molecule has 0 fully saturated rings. The molecule has 0 radical (unpaired) electrons. The molecule has 4 heteroatoms. The van der Waals surface area contributed by atoms with Crippen LogP contribution in [0.25, 0.3) is 6.20 Å². The van der Waals surface area contributed by atoms with E-state index in [0.29, 0.717) is 0 Å². The molecule has 2 aromatic rings. The van der Waals surface area contributed by atoms with Gasteiger partial charge < -0.3 is 4.74 Å². The molecule has 0 spiro atoms. The van der Waals surface area contributed by atoms with Gasteiger partial charge in [0.15, 0.2) is 0 Å². The zero-order valence-corrected chi connectivity index (χ0v) is 15.8. The van der Waals surface area contributed by atoms with Gasteiger partial charge in [0.25, 0.3) is 0 Å². The van der Waals surface area contributed by atoms with Crippen molar-refractivity contribution in [3.63, 3.8) is 0 Å². The second-order valence-corrected chi connectivity index (χ2v) is 7.12. The monoisotopic (exact) mass is 347 g/mol. The third kappa shape index (κ3) is 6.91. The number of rotatable bonds is 13. The van der Waals surface area contributed by atoms with Gasteiger partial charge in [-0.1, -0.05) is 38.7 Å². The van der Waals surface area contributed by atoms with Gasteiger partial charge in [-0.2, -0.15) is 0 Å². The van der Waals surface area contributed by atoms with Gasteiger partial charge in [0.05, 0.1) is 19.4 Å². The van der Waals surface area contributed by atoms with Crippen LogP contribution in [0, 0.1) is 6.92 Å². The van der Waals surface area contributed by atoms with Gasteiger partial charge in [0, 0.05) is 10.9 Å². The van der Waals surface area contributed by atoms with E-state index in [1.807, 2.05) is 17.0 Å². The van der Waals surface area contributed by atoms with Crippen molar-refractivity contribution in [2.24, 2.45) is 0 Å². The Morgan fingerprint density at radius 2 is 1.79 bits per heavy atom. The number of imidazole rings is 1. The van der Waals surface area contributed by atoms with E-state index in [9.17, 15) is 0 Å². The van der Waals surface area contributed by atoms with Crippen molar-refractivity contribution in [3.8, 4) is 5.75 Å². The Labute approximate surface area is 150 Å². The van der Waals surface area contributed by atoms with E-state index in [1.54, 1.807) is 11.3 Å². The summed E-state index contributed by atoms with van der Waals surface area (Å²) in [5, 5.41) is 4.24. The summed E-state index contributed by atoms with van der Waals surface area (Å²) in [7, 11) is 0. The highest BCUT2D eigenvalue weighted by Crippen LogP contribution is 2.22. The molecular weight excluding hydrogens is 316 g/mol. The van der Waals surface area contributed by atoms with Crippen LogP contribution in [0.5, 0.6) is 5.75 Å². The van der Waals surface area contributed by atoms with Crippen LogP contribution in [0.4, 0.5) is 0 Å². The Morgan fingerprint density at radius 1 is 1.08 bits per heavy atom. The van der Waals surface area contributed by atoms with Crippen LogP contribution in [-0.4, -0.2) is 11.2 Å². The number of ether oxygens (including phenoxy) is 1. The standard InChI is InChI=1S/C20H31N2OS/c1-3-21-13-14-22(18-21)12-10-8-6-4-5-7-9-11-15-23-20-17-24-16-19(20)2/h3,13-14,16-18H,1,4-12,15H2,2H3/q+1. The number of thiophene rings is 1. The second-order valence-electron chi connectivity index (χ2n) is 6.38. The number of unbranched alkanes of at least 4 members (excludes halogenated alkanes) is 7. The van der Waals surface area contributed by atoms with Gasteiger partial charge >= 0.3 is 0 Å². The quantitative estimate of drug-likeness (QED) is 0.348. The van der Waals surface area contributed by atoms with Crippen molar-refractivity contribution in [1.29, 1.82) is 0 Å². The molecule has 0 amide bonds. The lowest BCUT2D eigenvalue weighted by Gasteiger charge is -2.05. The zero-order chi connectivity index (χ0) is 17.0. The van der Waals surface area contributed by atoms with Crippen molar-refractivity contribution in [3.05, 3.63) is 41.6 Å². The van der Waals surface area contributed by atoms with Crippen molar-refractivity contribution in [1.82, 2.24) is 4.57 Å². The first-order chi connectivity index (χ1) is 11.8. The Morgan fingerprint density at radius 3 is 2.42 bits per heavy atom. The molecule has 3 nitrogen and oxygen atoms in total. The van der Waals surface area contributed by atoms with E-state index in [-0.39, 0.29) is 0 Å². The van der Waals surface area contributed by atoms with E-state index in [2.05, 4.69) is 41.4 Å². The lowest BCUT2D eigenvalue weighted by atomic mass is 10.1. The molecule has 0 aromatic carbocycles. The van der Waals surface area contributed by atoms with Gasteiger partial charge in [0.2, 0.25) is 6.33 Å². The molecule has 0 atom stereocenters. The normalized spacial score (nSPS) is 10.9. The van der Waals surface area contributed by atoms with Crippen LogP contribution in [0.1, 0.15) is 56.9 Å². The summed E-state index contributed by atoms with van der Waals surface area (Å²) in [6.07, 6.45) is 18.5. The van der Waals surface area contributed by atoms with E-state index >= 15 is 0 Å². The number of hydrogen-bond donors (Lipinski definition) is 0. The van der Waals surface area contributed by atoms with E-state index in [4.69, 9.17) is 4.74 Å². The first-order valence-electron chi connectivity index (χ1n) is 9.14. The highest BCUT2D eigenvalue weighted by molar-refractivity contribution is 7.08. The van der Waals surface area contributed by atoms with Crippen molar-refractivity contribution >= 4 is 17.5 Å². The fraction of sp³-hybridized carbons (Fsp3) is 0.550. The summed E-state index contributed by atoms with van der Waals surface area (Å²) >= 11 is 1.72. The van der Waals surface area contributed by atoms with Crippen LogP contribution in [0.2, 0.25) is 0 Å². The molecule has 0 saturated carbocycles. The fourth-order valence-corrected chi connectivity index (χ4v) is 3.55. The number of aryl methyl sites for hydroxylation is 2. The summed E-state index contributed by atoms with van der Waals surface area (Å²) in [6, 6.07) is 0. The SMILES string of the molecule is C=Cn1cc[n+](CCCCCCCCCCOc2cscc2C)c1. The molecular formula is C20H31N2OS+. The first-order valence-corrected chi connectivity index (χ1v) is 10.1. The molecule has 0 N–H and O–H groups in total. The molecule has 0 aliphatic rings. The summed E-state index contributed by atoms with van der Waals surface area (Å²) < 4.78 is 10.0. The van der Waals surface area contributed by atoms with Crippen LogP contribution in [0.3, 0.4) is 0 Å². The topological polar surface area (TPSA) is 18.0 Å². The summed E-state index contributed by atoms with van der Waals surface area (Å²) in [5.41, 5.74) is 1.26. The van der Waals surface area contributed by atoms with Gasteiger partial charge in [-0.05, 0) is 31.6 Å². The highest BCUT2D eigenvalue weighted by Gasteiger charge is 2.01. The molecule has 24 heavy (non-hydrogen) atoms. The minimum absolute atomic E-state index is 0.860. The Kier molecular flexibility index (Phi) is 8.67. The predicted octanol–water partition coefficient (Wildman–Crippen LogP) is 5.45. The molecule has 132 valence electrons. The summed E-state index contributed by atoms with van der Waals surface area (Å²) in [4.78, 5) is 0. The van der Waals surface area contributed by atoms with Crippen LogP contribution < -0.4 is 9.30 Å². The average molecular weight is 348 g/mol. The Bertz CT molecular complexity index is 588. The molecule has 2 aromatic heterocycles. The molecule has 2 heterocycles. The van der Waals surface area contributed by atoms with E-state index in [0.717, 1.165) is 18.9 Å². The van der Waals surface area contributed by atoms with Crippen LogP contribution in [0.15, 0.2) is 36.1 Å². The number of aromatic nitrogens is 2. The molecule has 0 aliphatic heterocycles. The first kappa shape index (κ1) is 18.8. The minimum Gasteiger partial charge on any atom is -0.492 e. The third-order valence-corrected chi connectivity index (χ3v) is 5.14. The fourth-order valence-electron chi connectivity index (χ4n) is 2.79. The molecule has 0 aliphatic carbocycles. The van der Waals surface area contributed by atoms with Crippen molar-refractivity contribution in [2.75, 3.05) is 6.61 Å². The van der Waals surface area contributed by atoms with Gasteiger partial charge in [0.1, 0.15) is 18.1 Å². The number of hydrogen-bond acceptors (Lipinski definition) is 2. The maximum Gasteiger partial charge on any atom is 0.248 e. The van der Waals surface area contributed by atoms with Gasteiger partial charge in [-0.15, -0.1) is 11.3 Å².